The Kier molecular flexibility index (Phi) is 7.98. The quantitative estimate of drug-likeness (QED) is 0.319. The Bertz CT molecular complexity index is 1290. The van der Waals surface area contributed by atoms with Gasteiger partial charge in [0.05, 0.1) is 5.92 Å². The fourth-order valence-electron chi connectivity index (χ4n) is 5.04. The summed E-state index contributed by atoms with van der Waals surface area (Å²) >= 11 is 0. The molecule has 0 spiro atoms. The normalized spacial score (nSPS) is 16.7. The van der Waals surface area contributed by atoms with Crippen LogP contribution in [0.15, 0.2) is 60.8 Å². The third kappa shape index (κ3) is 6.55. The molecule has 1 unspecified atom stereocenters. The molecule has 2 aliphatic rings. The largest absolute Gasteiger partial charge is 0.309 e. The minimum Gasteiger partial charge on any atom is -0.309 e. The van der Waals surface area contributed by atoms with Crippen LogP contribution in [-0.4, -0.2) is 51.5 Å². The first-order valence-electron chi connectivity index (χ1n) is 13.6. The van der Waals surface area contributed by atoms with E-state index in [2.05, 4.69) is 44.6 Å². The van der Waals surface area contributed by atoms with Gasteiger partial charge in [-0.15, -0.1) is 0 Å². The number of carbonyl (C=O) groups is 2. The summed E-state index contributed by atoms with van der Waals surface area (Å²) in [6, 6.07) is 13.7. The number of carbonyl (C=O) groups excluding carboxylic acids is 2. The lowest BCUT2D eigenvalue weighted by atomic mass is 9.86. The third-order valence-corrected chi connectivity index (χ3v) is 7.24. The zero-order chi connectivity index (χ0) is 26.5. The lowest BCUT2D eigenvalue weighted by Gasteiger charge is -2.21. The van der Waals surface area contributed by atoms with Gasteiger partial charge in [-0.3, -0.25) is 19.6 Å². The van der Waals surface area contributed by atoms with Crippen LogP contribution in [-0.2, 0) is 9.59 Å². The molecular weight excluding hydrogens is 476 g/mol. The molecule has 8 nitrogen and oxygen atoms in total. The summed E-state index contributed by atoms with van der Waals surface area (Å²) in [5, 5.41) is 13.1. The highest BCUT2D eigenvalue weighted by Gasteiger charge is 2.28. The van der Waals surface area contributed by atoms with Crippen molar-refractivity contribution >= 4 is 23.5 Å². The molecule has 0 bridgehead atoms. The van der Waals surface area contributed by atoms with Crippen LogP contribution in [0.5, 0.6) is 0 Å². The molecule has 1 saturated carbocycles. The number of pyridine rings is 1. The van der Waals surface area contributed by atoms with Gasteiger partial charge >= 0.3 is 0 Å². The van der Waals surface area contributed by atoms with E-state index in [9.17, 15) is 9.59 Å². The Morgan fingerprint density at radius 2 is 1.87 bits per heavy atom. The molecule has 1 aliphatic carbocycles. The molecule has 198 valence electrons. The van der Waals surface area contributed by atoms with Gasteiger partial charge in [0.1, 0.15) is 5.82 Å². The van der Waals surface area contributed by atoms with Crippen molar-refractivity contribution in [3.63, 3.8) is 0 Å². The van der Waals surface area contributed by atoms with Crippen LogP contribution < -0.4 is 10.6 Å². The van der Waals surface area contributed by atoms with Gasteiger partial charge in [-0.05, 0) is 68.0 Å². The van der Waals surface area contributed by atoms with Gasteiger partial charge in [-0.1, -0.05) is 44.2 Å². The van der Waals surface area contributed by atoms with Gasteiger partial charge in [-0.2, -0.15) is 5.10 Å². The van der Waals surface area contributed by atoms with Crippen molar-refractivity contribution in [2.24, 2.45) is 5.92 Å². The molecule has 1 aliphatic heterocycles. The molecule has 8 heteroatoms. The predicted octanol–water partition coefficient (Wildman–Crippen LogP) is 5.32. The van der Waals surface area contributed by atoms with Crippen LogP contribution in [0.2, 0.25) is 0 Å². The maximum atomic E-state index is 13.3. The van der Waals surface area contributed by atoms with Crippen molar-refractivity contribution < 1.29 is 9.59 Å². The number of nitrogens with one attached hydrogen (secondary N) is 3. The number of hydrogen-bond acceptors (Lipinski definition) is 5. The smallest absolute Gasteiger partial charge is 0.249 e. The summed E-state index contributed by atoms with van der Waals surface area (Å²) in [6.45, 7) is 7.11. The minimum atomic E-state index is -0.324. The van der Waals surface area contributed by atoms with Gasteiger partial charge in [0.2, 0.25) is 11.8 Å². The maximum Gasteiger partial charge on any atom is 0.249 e. The average molecular weight is 513 g/mol. The van der Waals surface area contributed by atoms with E-state index in [1.807, 2.05) is 42.5 Å². The number of H-pyrrole nitrogens is 1. The fraction of sp³-hybridized carbons (Fsp3) is 0.400. The van der Waals surface area contributed by atoms with Crippen LogP contribution in [0.3, 0.4) is 0 Å². The minimum absolute atomic E-state index is 0.0695. The number of rotatable bonds is 10. The molecule has 2 aromatic heterocycles. The topological polar surface area (TPSA) is 103 Å². The van der Waals surface area contributed by atoms with E-state index in [1.165, 1.54) is 25.7 Å². The molecule has 2 amide bonds. The summed E-state index contributed by atoms with van der Waals surface area (Å²) in [5.74, 6) is 1.15. The van der Waals surface area contributed by atoms with E-state index >= 15 is 0 Å². The first-order valence-corrected chi connectivity index (χ1v) is 13.6. The summed E-state index contributed by atoms with van der Waals surface area (Å²) in [7, 11) is 0. The molecule has 1 aromatic carbocycles. The SMILES string of the molecule is CC(C)C(C(=O)Nc1cc(C2CC2)[nH]n1)c1cccc(-c2ccc(NC(=O)/C=C/CN3CCCC3)nc2)c1. The monoisotopic (exact) mass is 512 g/mol. The summed E-state index contributed by atoms with van der Waals surface area (Å²) in [6.07, 6.45) is 10.0. The zero-order valence-corrected chi connectivity index (χ0v) is 22.1. The highest BCUT2D eigenvalue weighted by molar-refractivity contribution is 5.98. The van der Waals surface area contributed by atoms with E-state index in [1.54, 1.807) is 18.3 Å². The van der Waals surface area contributed by atoms with Crippen molar-refractivity contribution in [1.82, 2.24) is 20.1 Å². The van der Waals surface area contributed by atoms with Gasteiger partial charge in [0, 0.05) is 42.1 Å². The maximum absolute atomic E-state index is 13.3. The third-order valence-electron chi connectivity index (χ3n) is 7.24. The van der Waals surface area contributed by atoms with Crippen LogP contribution in [0.4, 0.5) is 11.6 Å². The number of likely N-dealkylation sites (tertiary alicyclic amines) is 1. The van der Waals surface area contributed by atoms with Crippen molar-refractivity contribution in [2.45, 2.75) is 51.4 Å². The zero-order valence-electron chi connectivity index (χ0n) is 22.1. The molecule has 2 fully saturated rings. The van der Waals surface area contributed by atoms with E-state index in [0.29, 0.717) is 17.6 Å². The Balaban J connectivity index is 1.22. The molecule has 38 heavy (non-hydrogen) atoms. The number of nitrogens with zero attached hydrogens (tertiary/aromatic N) is 3. The average Bonchev–Trinajstić information content (AvgIpc) is 3.41. The van der Waals surface area contributed by atoms with Crippen molar-refractivity contribution in [3.8, 4) is 11.1 Å². The van der Waals surface area contributed by atoms with Gasteiger partial charge < -0.3 is 10.6 Å². The Morgan fingerprint density at radius 3 is 2.58 bits per heavy atom. The summed E-state index contributed by atoms with van der Waals surface area (Å²) < 4.78 is 0. The second kappa shape index (κ2) is 11.7. The summed E-state index contributed by atoms with van der Waals surface area (Å²) in [5.41, 5.74) is 3.91. The Hall–Kier alpha value is -3.78. The Labute approximate surface area is 223 Å². The first kappa shape index (κ1) is 25.9. The molecule has 3 aromatic rings. The molecule has 0 radical (unpaired) electrons. The van der Waals surface area contributed by atoms with E-state index in [-0.39, 0.29) is 23.7 Å². The molecule has 1 atom stereocenters. The molecule has 3 heterocycles. The van der Waals surface area contributed by atoms with Gasteiger partial charge in [0.15, 0.2) is 5.82 Å². The highest BCUT2D eigenvalue weighted by atomic mass is 16.2. The van der Waals surface area contributed by atoms with E-state index in [4.69, 9.17) is 0 Å². The number of anilines is 2. The second-order valence-corrected chi connectivity index (χ2v) is 10.7. The standard InChI is InChI=1S/C30H36N6O2/c1-20(2)29(30(38)33-27-18-25(34-35-27)21-10-11-21)23-8-5-7-22(17-23)24-12-13-26(31-19-24)32-28(37)9-6-16-36-14-3-4-15-36/h5-9,12-13,17-21,29H,3-4,10-11,14-16H2,1-2H3,(H,31,32,37)(H2,33,34,35,38)/b9-6+. The Morgan fingerprint density at radius 1 is 1.05 bits per heavy atom. The number of aromatic amines is 1. The van der Waals surface area contributed by atoms with Crippen LogP contribution in [0, 0.1) is 5.92 Å². The summed E-state index contributed by atoms with van der Waals surface area (Å²) in [4.78, 5) is 32.3. The van der Waals surface area contributed by atoms with Crippen molar-refractivity contribution in [3.05, 3.63) is 72.1 Å². The first-order chi connectivity index (χ1) is 18.5. The van der Waals surface area contributed by atoms with Crippen LogP contribution in [0.25, 0.3) is 11.1 Å². The molecule has 3 N–H and O–H groups in total. The van der Waals surface area contributed by atoms with E-state index < -0.39 is 0 Å². The van der Waals surface area contributed by atoms with Crippen molar-refractivity contribution in [2.75, 3.05) is 30.3 Å². The number of hydrogen-bond donors (Lipinski definition) is 3. The number of amides is 2. The lowest BCUT2D eigenvalue weighted by molar-refractivity contribution is -0.118. The van der Waals surface area contributed by atoms with Crippen molar-refractivity contribution in [1.29, 1.82) is 0 Å². The fourth-order valence-corrected chi connectivity index (χ4v) is 5.04. The molecular formula is C30H36N6O2. The molecule has 5 rings (SSSR count). The molecule has 1 saturated heterocycles. The van der Waals surface area contributed by atoms with Crippen LogP contribution >= 0.6 is 0 Å². The van der Waals surface area contributed by atoms with Gasteiger partial charge in [-0.25, -0.2) is 4.98 Å². The number of aromatic nitrogens is 3. The highest BCUT2D eigenvalue weighted by Crippen LogP contribution is 2.39. The van der Waals surface area contributed by atoms with Crippen LogP contribution in [0.1, 0.15) is 62.6 Å². The lowest BCUT2D eigenvalue weighted by Crippen LogP contribution is -2.25. The second-order valence-electron chi connectivity index (χ2n) is 10.7. The number of benzene rings is 1. The predicted molar refractivity (Wildman–Crippen MR) is 150 cm³/mol. The van der Waals surface area contributed by atoms with E-state index in [0.717, 1.165) is 42.0 Å². The van der Waals surface area contributed by atoms with Gasteiger partial charge in [0.25, 0.3) is 0 Å².